The van der Waals surface area contributed by atoms with Crippen molar-refractivity contribution in [1.29, 1.82) is 0 Å². The lowest BCUT2D eigenvalue weighted by Gasteiger charge is -2.19. The van der Waals surface area contributed by atoms with Gasteiger partial charge in [0, 0.05) is 25.7 Å². The van der Waals surface area contributed by atoms with Crippen LogP contribution in [0.4, 0.5) is 14.8 Å². The Morgan fingerprint density at radius 2 is 1.81 bits per heavy atom. The molecule has 0 aliphatic rings. The summed E-state index contributed by atoms with van der Waals surface area (Å²) in [4.78, 5) is 16.8. The van der Waals surface area contributed by atoms with E-state index >= 15 is 0 Å². The van der Waals surface area contributed by atoms with Crippen molar-refractivity contribution < 1.29 is 26.4 Å². The predicted molar refractivity (Wildman–Crippen MR) is 133 cm³/mol. The molecular weight excluding hydrogens is 490 g/mol. The van der Waals surface area contributed by atoms with Crippen LogP contribution in [0.3, 0.4) is 0 Å². The first-order valence-corrected chi connectivity index (χ1v) is 13.3. The number of carbonyl (C=O) groups is 1. The van der Waals surface area contributed by atoms with Crippen molar-refractivity contribution in [3.05, 3.63) is 82.7 Å². The highest BCUT2D eigenvalue weighted by atomic mass is 32.2. The summed E-state index contributed by atoms with van der Waals surface area (Å²) in [5, 5.41) is 6.15. The molecule has 3 aromatic rings. The Hall–Kier alpha value is -3.31. The van der Waals surface area contributed by atoms with Gasteiger partial charge in [0.15, 0.2) is 5.69 Å². The van der Waals surface area contributed by atoms with E-state index in [1.165, 1.54) is 24.7 Å². The largest absolute Gasteiger partial charge is 0.430 e. The molecule has 0 bridgehead atoms. The van der Waals surface area contributed by atoms with Crippen molar-refractivity contribution in [2.75, 3.05) is 24.2 Å². The van der Waals surface area contributed by atoms with E-state index in [9.17, 15) is 22.0 Å². The van der Waals surface area contributed by atoms with Crippen LogP contribution < -0.4 is 14.9 Å². The van der Waals surface area contributed by atoms with Crippen LogP contribution in [-0.2, 0) is 29.4 Å². The Balaban J connectivity index is 1.68. The van der Waals surface area contributed by atoms with Crippen LogP contribution in [-0.4, -0.2) is 45.2 Å². The number of carbonyl (C=O) groups excluding carboxylic acids is 1. The molecule has 194 valence electrons. The van der Waals surface area contributed by atoms with Gasteiger partial charge >= 0.3 is 6.01 Å². The van der Waals surface area contributed by atoms with Gasteiger partial charge in [-0.15, -0.1) is 0 Å². The number of hydrogen-bond acceptors (Lipinski definition) is 6. The normalized spacial score (nSPS) is 12.4. The Morgan fingerprint density at radius 3 is 2.47 bits per heavy atom. The summed E-state index contributed by atoms with van der Waals surface area (Å²) in [5.41, 5.74) is 2.65. The summed E-state index contributed by atoms with van der Waals surface area (Å²) in [7, 11) is -2.36. The lowest BCUT2D eigenvalue weighted by Crippen LogP contribution is -2.38. The number of benzene rings is 2. The second kappa shape index (κ2) is 12.1. The SMILES string of the molecule is CCc1cccc(CNCC[C@H](Cc2cc(F)cc(F)c2)NC(=O)c2coc(N(C)S(C)(=O)=O)n2)c1. The number of nitrogens with zero attached hydrogens (tertiary/aromatic N) is 2. The van der Waals surface area contributed by atoms with E-state index in [1.807, 2.05) is 12.1 Å². The highest BCUT2D eigenvalue weighted by molar-refractivity contribution is 7.92. The topological polar surface area (TPSA) is 105 Å². The second-order valence-electron chi connectivity index (χ2n) is 8.54. The molecular formula is C25H30F2N4O4S. The Labute approximate surface area is 209 Å². The smallest absolute Gasteiger partial charge is 0.311 e. The molecule has 8 nitrogen and oxygen atoms in total. The number of aromatic nitrogens is 1. The van der Waals surface area contributed by atoms with Crippen LogP contribution in [0.25, 0.3) is 0 Å². The molecule has 0 fully saturated rings. The van der Waals surface area contributed by atoms with Crippen LogP contribution in [0, 0.1) is 11.6 Å². The van der Waals surface area contributed by atoms with Gasteiger partial charge in [0.25, 0.3) is 5.91 Å². The van der Waals surface area contributed by atoms with Gasteiger partial charge in [0.05, 0.1) is 6.26 Å². The van der Waals surface area contributed by atoms with E-state index < -0.39 is 33.6 Å². The second-order valence-corrected chi connectivity index (χ2v) is 10.6. The number of aryl methyl sites for hydroxylation is 1. The minimum absolute atomic E-state index is 0.111. The van der Waals surface area contributed by atoms with Crippen molar-refractivity contribution in [1.82, 2.24) is 15.6 Å². The molecule has 2 aromatic carbocycles. The molecule has 0 aliphatic carbocycles. The third kappa shape index (κ3) is 7.85. The average Bonchev–Trinajstić information content (AvgIpc) is 3.30. The van der Waals surface area contributed by atoms with Gasteiger partial charge in [-0.1, -0.05) is 31.2 Å². The van der Waals surface area contributed by atoms with Gasteiger partial charge in [0.1, 0.15) is 17.9 Å². The molecule has 0 aliphatic heterocycles. The molecule has 11 heteroatoms. The standard InChI is InChI=1S/C25H30F2N4O4S/c1-4-17-6-5-7-18(10-17)15-28-9-8-22(13-19-11-20(26)14-21(27)12-19)29-24(32)23-16-35-25(30-23)31(2)36(3,33)34/h5-7,10-12,14,16,22,28H,4,8-9,13,15H2,1-3H3,(H,29,32)/t22-/m1/s1. The van der Waals surface area contributed by atoms with E-state index in [1.54, 1.807) is 0 Å². The first-order chi connectivity index (χ1) is 17.0. The number of anilines is 1. The maximum Gasteiger partial charge on any atom is 0.311 e. The maximum absolute atomic E-state index is 13.7. The van der Waals surface area contributed by atoms with Crippen LogP contribution in [0.2, 0.25) is 0 Å². The summed E-state index contributed by atoms with van der Waals surface area (Å²) >= 11 is 0. The summed E-state index contributed by atoms with van der Waals surface area (Å²) in [6.45, 7) is 3.25. The monoisotopic (exact) mass is 520 g/mol. The maximum atomic E-state index is 13.7. The van der Waals surface area contributed by atoms with Crippen LogP contribution in [0.15, 0.2) is 53.1 Å². The molecule has 1 amide bonds. The van der Waals surface area contributed by atoms with Crippen molar-refractivity contribution >= 4 is 21.9 Å². The molecule has 1 aromatic heterocycles. The van der Waals surface area contributed by atoms with Crippen molar-refractivity contribution in [2.45, 2.75) is 38.8 Å². The molecule has 1 atom stereocenters. The number of amides is 1. The fourth-order valence-electron chi connectivity index (χ4n) is 3.62. The molecule has 3 rings (SSSR count). The van der Waals surface area contributed by atoms with Crippen LogP contribution in [0.5, 0.6) is 0 Å². The summed E-state index contributed by atoms with van der Waals surface area (Å²) in [6, 6.07) is 10.7. The highest BCUT2D eigenvalue weighted by Gasteiger charge is 2.22. The Morgan fingerprint density at radius 1 is 1.11 bits per heavy atom. The fraction of sp³-hybridized carbons (Fsp3) is 0.360. The van der Waals surface area contributed by atoms with Crippen molar-refractivity contribution in [2.24, 2.45) is 0 Å². The summed E-state index contributed by atoms with van der Waals surface area (Å²) < 4.78 is 56.8. The van der Waals surface area contributed by atoms with Gasteiger partial charge in [-0.05, 0) is 54.6 Å². The highest BCUT2D eigenvalue weighted by Crippen LogP contribution is 2.16. The van der Waals surface area contributed by atoms with Gasteiger partial charge in [-0.25, -0.2) is 21.5 Å². The predicted octanol–water partition coefficient (Wildman–Crippen LogP) is 3.43. The van der Waals surface area contributed by atoms with Gasteiger partial charge in [0.2, 0.25) is 10.0 Å². The van der Waals surface area contributed by atoms with E-state index in [2.05, 4.69) is 34.7 Å². The molecule has 36 heavy (non-hydrogen) atoms. The minimum Gasteiger partial charge on any atom is -0.430 e. The van der Waals surface area contributed by atoms with E-state index in [0.29, 0.717) is 25.1 Å². The van der Waals surface area contributed by atoms with Crippen LogP contribution >= 0.6 is 0 Å². The zero-order valence-electron chi connectivity index (χ0n) is 20.4. The third-order valence-electron chi connectivity index (χ3n) is 5.63. The van der Waals surface area contributed by atoms with E-state index in [0.717, 1.165) is 34.9 Å². The summed E-state index contributed by atoms with van der Waals surface area (Å²) in [5.74, 6) is -1.99. The first kappa shape index (κ1) is 27.3. The molecule has 0 spiro atoms. The molecule has 0 saturated carbocycles. The lowest BCUT2D eigenvalue weighted by atomic mass is 10.0. The van der Waals surface area contributed by atoms with Gasteiger partial charge in [-0.2, -0.15) is 4.98 Å². The first-order valence-electron chi connectivity index (χ1n) is 11.5. The minimum atomic E-state index is -3.62. The number of hydrogen-bond donors (Lipinski definition) is 2. The van der Waals surface area contributed by atoms with Gasteiger partial charge in [-0.3, -0.25) is 4.79 Å². The van der Waals surface area contributed by atoms with Gasteiger partial charge < -0.3 is 15.1 Å². The Bertz CT molecular complexity index is 1280. The number of sulfonamides is 1. The Kier molecular flexibility index (Phi) is 9.16. The zero-order valence-corrected chi connectivity index (χ0v) is 21.2. The number of nitrogens with one attached hydrogen (secondary N) is 2. The molecule has 0 radical (unpaired) electrons. The van der Waals surface area contributed by atoms with Crippen molar-refractivity contribution in [3.63, 3.8) is 0 Å². The molecule has 0 unspecified atom stereocenters. The molecule has 0 saturated heterocycles. The zero-order chi connectivity index (χ0) is 26.3. The van der Waals surface area contributed by atoms with E-state index in [-0.39, 0.29) is 18.1 Å². The average molecular weight is 521 g/mol. The fourth-order valence-corrected chi connectivity index (χ4v) is 3.99. The van der Waals surface area contributed by atoms with Crippen molar-refractivity contribution in [3.8, 4) is 0 Å². The lowest BCUT2D eigenvalue weighted by molar-refractivity contribution is 0.0929. The number of halogens is 2. The number of rotatable bonds is 12. The number of oxazole rings is 1. The molecule has 2 N–H and O–H groups in total. The quantitative estimate of drug-likeness (QED) is 0.355. The van der Waals surface area contributed by atoms with Crippen LogP contribution in [0.1, 0.15) is 40.5 Å². The summed E-state index contributed by atoms with van der Waals surface area (Å²) in [6.07, 6.45) is 3.63. The molecule has 1 heterocycles. The third-order valence-corrected chi connectivity index (χ3v) is 6.78. The van der Waals surface area contributed by atoms with E-state index in [4.69, 9.17) is 4.42 Å².